The molecule has 1 rings (SSSR count). The lowest BCUT2D eigenvalue weighted by Gasteiger charge is -2.11. The topological polar surface area (TPSA) is 86.0 Å². The third kappa shape index (κ3) is 2.44. The predicted octanol–water partition coefficient (Wildman–Crippen LogP) is 1.15. The van der Waals surface area contributed by atoms with Crippen LogP contribution in [0.4, 0.5) is 5.82 Å². The summed E-state index contributed by atoms with van der Waals surface area (Å²) in [6.45, 7) is 3.27. The third-order valence-electron chi connectivity index (χ3n) is 1.99. The Hall–Kier alpha value is -2.09. The fraction of sp³-hybridized carbons (Fsp3) is 0.300. The normalized spacial score (nSPS) is 11.5. The van der Waals surface area contributed by atoms with Crippen molar-refractivity contribution in [3.05, 3.63) is 23.4 Å². The van der Waals surface area contributed by atoms with E-state index in [2.05, 4.69) is 10.3 Å². The van der Waals surface area contributed by atoms with Gasteiger partial charge < -0.3 is 10.4 Å². The van der Waals surface area contributed by atoms with Crippen molar-refractivity contribution in [1.82, 2.24) is 4.98 Å². The van der Waals surface area contributed by atoms with Crippen LogP contribution in [0.25, 0.3) is 0 Å². The minimum Gasteiger partial charge on any atom is -0.480 e. The maximum absolute atomic E-state index is 10.6. The molecule has 1 atom stereocenters. The van der Waals surface area contributed by atoms with Crippen LogP contribution in [0.15, 0.2) is 12.3 Å². The van der Waals surface area contributed by atoms with Crippen LogP contribution in [0.1, 0.15) is 18.1 Å². The van der Waals surface area contributed by atoms with Gasteiger partial charge in [-0.25, -0.2) is 4.98 Å². The highest BCUT2D eigenvalue weighted by Gasteiger charge is 2.14. The van der Waals surface area contributed by atoms with Crippen LogP contribution < -0.4 is 5.32 Å². The summed E-state index contributed by atoms with van der Waals surface area (Å²) in [5.74, 6) is -0.672. The van der Waals surface area contributed by atoms with Crippen molar-refractivity contribution in [1.29, 1.82) is 5.26 Å². The molecule has 1 aromatic rings. The summed E-state index contributed by atoms with van der Waals surface area (Å²) in [5, 5.41) is 20.2. The lowest BCUT2D eigenvalue weighted by molar-refractivity contribution is -0.137. The zero-order chi connectivity index (χ0) is 11.4. The molecule has 0 amide bonds. The first-order chi connectivity index (χ1) is 7.06. The molecule has 2 N–H and O–H groups in total. The lowest BCUT2D eigenvalue weighted by Crippen LogP contribution is -2.26. The SMILES string of the molecule is Cc1ccnc(NC(C)C(=O)O)c1C#N. The number of nitrogens with one attached hydrogen (secondary N) is 1. The Labute approximate surface area is 87.4 Å². The van der Waals surface area contributed by atoms with E-state index in [9.17, 15) is 4.79 Å². The number of carboxylic acid groups (broad SMARTS) is 1. The van der Waals surface area contributed by atoms with Crippen LogP contribution in [-0.4, -0.2) is 22.1 Å². The highest BCUT2D eigenvalue weighted by atomic mass is 16.4. The molecule has 0 saturated heterocycles. The molecule has 0 aliphatic rings. The number of hydrogen-bond donors (Lipinski definition) is 2. The second-order valence-electron chi connectivity index (χ2n) is 3.17. The molecule has 1 unspecified atom stereocenters. The average Bonchev–Trinajstić information content (AvgIpc) is 2.18. The van der Waals surface area contributed by atoms with Crippen LogP contribution >= 0.6 is 0 Å². The number of aliphatic carboxylic acids is 1. The summed E-state index contributed by atoms with van der Waals surface area (Å²) in [6, 6.07) is 2.92. The standard InChI is InChI=1S/C10H11N3O2/c1-6-3-4-12-9(8(6)5-11)13-7(2)10(14)15/h3-4,7H,1-2H3,(H,12,13)(H,14,15). The van der Waals surface area contributed by atoms with E-state index in [0.717, 1.165) is 5.56 Å². The molecular weight excluding hydrogens is 194 g/mol. The van der Waals surface area contributed by atoms with Crippen molar-refractivity contribution < 1.29 is 9.90 Å². The highest BCUT2D eigenvalue weighted by molar-refractivity contribution is 5.77. The molecule has 0 bridgehead atoms. The zero-order valence-electron chi connectivity index (χ0n) is 8.48. The fourth-order valence-electron chi connectivity index (χ4n) is 1.08. The summed E-state index contributed by atoms with van der Waals surface area (Å²) in [4.78, 5) is 14.6. The van der Waals surface area contributed by atoms with Gasteiger partial charge in [-0.3, -0.25) is 4.79 Å². The van der Waals surface area contributed by atoms with Gasteiger partial charge in [0.1, 0.15) is 17.9 Å². The van der Waals surface area contributed by atoms with Crippen LogP contribution in [0.3, 0.4) is 0 Å². The molecule has 78 valence electrons. The first-order valence-corrected chi connectivity index (χ1v) is 4.41. The van der Waals surface area contributed by atoms with Crippen molar-refractivity contribution in [3.8, 4) is 6.07 Å². The van der Waals surface area contributed by atoms with E-state index < -0.39 is 12.0 Å². The monoisotopic (exact) mass is 205 g/mol. The Morgan fingerprint density at radius 2 is 2.40 bits per heavy atom. The number of anilines is 1. The minimum absolute atomic E-state index is 0.312. The van der Waals surface area contributed by atoms with Gasteiger partial charge in [0.15, 0.2) is 0 Å². The van der Waals surface area contributed by atoms with Gasteiger partial charge in [-0.1, -0.05) is 0 Å². The Balaban J connectivity index is 3.01. The van der Waals surface area contributed by atoms with Gasteiger partial charge in [-0.15, -0.1) is 0 Å². The molecule has 5 nitrogen and oxygen atoms in total. The molecule has 15 heavy (non-hydrogen) atoms. The smallest absolute Gasteiger partial charge is 0.325 e. The summed E-state index contributed by atoms with van der Waals surface area (Å²) in [6.07, 6.45) is 1.53. The molecule has 0 aliphatic heterocycles. The van der Waals surface area contributed by atoms with Gasteiger partial charge in [-0.2, -0.15) is 5.26 Å². The Morgan fingerprint density at radius 1 is 1.73 bits per heavy atom. The van der Waals surface area contributed by atoms with Crippen molar-refractivity contribution in [2.24, 2.45) is 0 Å². The van der Waals surface area contributed by atoms with E-state index in [1.54, 1.807) is 13.0 Å². The van der Waals surface area contributed by atoms with Crippen molar-refractivity contribution in [3.63, 3.8) is 0 Å². The number of nitrogens with zero attached hydrogens (tertiary/aromatic N) is 2. The molecule has 5 heteroatoms. The van der Waals surface area contributed by atoms with E-state index in [-0.39, 0.29) is 0 Å². The van der Waals surface area contributed by atoms with Crippen molar-refractivity contribution in [2.75, 3.05) is 5.32 Å². The molecule has 1 heterocycles. The second kappa shape index (κ2) is 4.42. The number of aromatic nitrogens is 1. The van der Waals surface area contributed by atoms with Gasteiger partial charge in [-0.05, 0) is 25.5 Å². The summed E-state index contributed by atoms with van der Waals surface area (Å²) in [7, 11) is 0. The first-order valence-electron chi connectivity index (χ1n) is 4.41. The van der Waals surface area contributed by atoms with Gasteiger partial charge in [0, 0.05) is 6.20 Å². The van der Waals surface area contributed by atoms with E-state index in [0.29, 0.717) is 11.4 Å². The number of nitriles is 1. The highest BCUT2D eigenvalue weighted by Crippen LogP contribution is 2.15. The number of aryl methyl sites for hydroxylation is 1. The molecule has 0 aliphatic carbocycles. The molecule has 0 aromatic carbocycles. The Morgan fingerprint density at radius 3 is 2.93 bits per heavy atom. The summed E-state index contributed by atoms with van der Waals surface area (Å²) >= 11 is 0. The minimum atomic E-state index is -0.984. The third-order valence-corrected chi connectivity index (χ3v) is 1.99. The molecule has 1 aromatic heterocycles. The summed E-state index contributed by atoms with van der Waals surface area (Å²) < 4.78 is 0. The Kier molecular flexibility index (Phi) is 3.24. The van der Waals surface area contributed by atoms with E-state index >= 15 is 0 Å². The molecule has 0 saturated carbocycles. The fourth-order valence-corrected chi connectivity index (χ4v) is 1.08. The first kappa shape index (κ1) is 11.0. The average molecular weight is 205 g/mol. The molecular formula is C10H11N3O2. The maximum Gasteiger partial charge on any atom is 0.325 e. The van der Waals surface area contributed by atoms with Gasteiger partial charge in [0.05, 0.1) is 5.56 Å². The molecule has 0 spiro atoms. The number of rotatable bonds is 3. The Bertz CT molecular complexity index is 423. The van der Waals surface area contributed by atoms with E-state index in [4.69, 9.17) is 10.4 Å². The quantitative estimate of drug-likeness (QED) is 0.772. The van der Waals surface area contributed by atoms with Crippen molar-refractivity contribution >= 4 is 11.8 Å². The zero-order valence-corrected chi connectivity index (χ0v) is 8.48. The van der Waals surface area contributed by atoms with Gasteiger partial charge in [0.25, 0.3) is 0 Å². The number of pyridine rings is 1. The van der Waals surface area contributed by atoms with Crippen LogP contribution in [0.2, 0.25) is 0 Å². The lowest BCUT2D eigenvalue weighted by atomic mass is 10.1. The van der Waals surface area contributed by atoms with E-state index in [1.807, 2.05) is 6.07 Å². The number of carboxylic acids is 1. The summed E-state index contributed by atoms with van der Waals surface area (Å²) in [5.41, 5.74) is 1.15. The van der Waals surface area contributed by atoms with Crippen molar-refractivity contribution in [2.45, 2.75) is 19.9 Å². The largest absolute Gasteiger partial charge is 0.480 e. The van der Waals surface area contributed by atoms with Gasteiger partial charge in [0.2, 0.25) is 0 Å². The predicted molar refractivity (Wildman–Crippen MR) is 54.4 cm³/mol. The second-order valence-corrected chi connectivity index (χ2v) is 3.17. The van der Waals surface area contributed by atoms with Crippen LogP contribution in [0, 0.1) is 18.3 Å². The van der Waals surface area contributed by atoms with E-state index in [1.165, 1.54) is 13.1 Å². The van der Waals surface area contributed by atoms with Crippen LogP contribution in [-0.2, 0) is 4.79 Å². The number of carbonyl (C=O) groups is 1. The van der Waals surface area contributed by atoms with Gasteiger partial charge >= 0.3 is 5.97 Å². The molecule has 0 radical (unpaired) electrons. The molecule has 0 fully saturated rings. The van der Waals surface area contributed by atoms with Crippen LogP contribution in [0.5, 0.6) is 0 Å². The number of hydrogen-bond acceptors (Lipinski definition) is 4. The maximum atomic E-state index is 10.6.